The van der Waals surface area contributed by atoms with Crippen LogP contribution in [0.15, 0.2) is 16.6 Å². The fourth-order valence-corrected chi connectivity index (χ4v) is 6.24. The zero-order valence-corrected chi connectivity index (χ0v) is 14.9. The summed E-state index contributed by atoms with van der Waals surface area (Å²) in [5.41, 5.74) is 1.44. The van der Waals surface area contributed by atoms with Crippen LogP contribution < -0.4 is 5.11 Å². The molecule has 0 bridgehead atoms. The molecule has 1 aromatic carbocycles. The van der Waals surface area contributed by atoms with Crippen molar-refractivity contribution in [2.75, 3.05) is 11.5 Å². The maximum Gasteiger partial charge on any atom is 0.386 e. The van der Waals surface area contributed by atoms with Crippen LogP contribution in [0.25, 0.3) is 4.98 Å². The second-order valence-corrected chi connectivity index (χ2v) is 9.44. The number of rotatable bonds is 1. The van der Waals surface area contributed by atoms with Crippen molar-refractivity contribution in [3.63, 3.8) is 0 Å². The molecule has 20 heavy (non-hydrogen) atoms. The van der Waals surface area contributed by atoms with E-state index in [0.29, 0.717) is 21.5 Å². The molecule has 0 aliphatic carbocycles. The molecule has 1 aromatic rings. The van der Waals surface area contributed by atoms with E-state index in [1.54, 1.807) is 12.1 Å². The van der Waals surface area contributed by atoms with Gasteiger partial charge in [0.05, 0.1) is 4.58 Å². The van der Waals surface area contributed by atoms with Gasteiger partial charge in [0.15, 0.2) is 4.98 Å². The molecule has 3 nitrogen and oxygen atoms in total. The van der Waals surface area contributed by atoms with E-state index in [4.69, 9.17) is 5.39 Å². The molecule has 0 amide bonds. The maximum absolute atomic E-state index is 12.2. The van der Waals surface area contributed by atoms with E-state index in [-0.39, 0.29) is 10.3 Å². The van der Waals surface area contributed by atoms with Gasteiger partial charge in [-0.05, 0) is 28.4 Å². The van der Waals surface area contributed by atoms with Crippen LogP contribution in [-0.4, -0.2) is 11.5 Å². The first-order valence-electron chi connectivity index (χ1n) is 6.41. The lowest BCUT2D eigenvalue weighted by molar-refractivity contribution is -0.270. The summed E-state index contributed by atoms with van der Waals surface area (Å²) in [5, 5.41) is 21.1. The molecule has 1 saturated heterocycles. The molecule has 0 aromatic heterocycles. The average molecular weight is 373 g/mol. The number of halogens is 1. The average Bonchev–Trinajstić information content (AvgIpc) is 2.41. The third-order valence-corrected chi connectivity index (χ3v) is 7.26. The van der Waals surface area contributed by atoms with Crippen LogP contribution in [0.1, 0.15) is 30.9 Å². The summed E-state index contributed by atoms with van der Waals surface area (Å²) in [5.74, 6) is 2.76. The molecule has 0 spiro atoms. The molecule has 2 rings (SSSR count). The quantitative estimate of drug-likeness (QED) is 0.639. The van der Waals surface area contributed by atoms with Crippen molar-refractivity contribution in [2.24, 2.45) is 11.3 Å². The predicted molar refractivity (Wildman–Crippen MR) is 88.9 cm³/mol. The van der Waals surface area contributed by atoms with Gasteiger partial charge in [0.2, 0.25) is 5.39 Å². The Morgan fingerprint density at radius 3 is 2.40 bits per heavy atom. The van der Waals surface area contributed by atoms with Crippen molar-refractivity contribution in [3.05, 3.63) is 27.1 Å². The minimum atomic E-state index is -0.00314. The molecular weight excluding hydrogens is 356 g/mol. The summed E-state index contributed by atoms with van der Waals surface area (Å²) >= 11 is 6.87. The second kappa shape index (κ2) is 6.17. The largest absolute Gasteiger partial charge is 0.871 e. The van der Waals surface area contributed by atoms with Gasteiger partial charge in [-0.15, -0.1) is 23.5 Å². The lowest BCUT2D eigenvalue weighted by Gasteiger charge is -2.37. The van der Waals surface area contributed by atoms with Crippen molar-refractivity contribution in [2.45, 2.75) is 25.4 Å². The van der Waals surface area contributed by atoms with Gasteiger partial charge in [-0.2, -0.15) is 0 Å². The highest BCUT2D eigenvalue weighted by atomic mass is 79.9. The Kier molecular flexibility index (Phi) is 4.93. The molecular formula is C14H17BrN2OS2. The third-order valence-electron chi connectivity index (χ3n) is 3.55. The monoisotopic (exact) mass is 372 g/mol. The van der Waals surface area contributed by atoms with E-state index in [0.717, 1.165) is 17.1 Å². The van der Waals surface area contributed by atoms with E-state index in [2.05, 4.69) is 41.7 Å². The molecule has 1 heterocycles. The Labute approximate surface area is 136 Å². The summed E-state index contributed by atoms with van der Waals surface area (Å²) in [6.07, 6.45) is 0. The van der Waals surface area contributed by atoms with Gasteiger partial charge >= 0.3 is 5.69 Å². The Morgan fingerprint density at radius 2 is 1.90 bits per heavy atom. The normalized spacial score (nSPS) is 23.4. The first-order valence-corrected chi connectivity index (χ1v) is 9.30. The second-order valence-electron chi connectivity index (χ2n) is 6.01. The summed E-state index contributed by atoms with van der Waals surface area (Å²) in [4.78, 5) is 3.19. The SMILES string of the molecule is CC(C)(C)C1CSC(c2cc([N+]#N)cc(Br)c2[O-])SC1. The van der Waals surface area contributed by atoms with Crippen LogP contribution >= 0.6 is 39.5 Å². The van der Waals surface area contributed by atoms with Crippen LogP contribution in [0.2, 0.25) is 0 Å². The van der Waals surface area contributed by atoms with Crippen molar-refractivity contribution >= 4 is 45.1 Å². The fraction of sp³-hybridized carbons (Fsp3) is 0.571. The van der Waals surface area contributed by atoms with Crippen LogP contribution in [0.5, 0.6) is 5.75 Å². The number of nitrogens with zero attached hydrogens (tertiary/aromatic N) is 2. The summed E-state index contributed by atoms with van der Waals surface area (Å²) in [6, 6.07) is 3.23. The number of hydrogen-bond acceptors (Lipinski definition) is 4. The molecule has 1 fully saturated rings. The van der Waals surface area contributed by atoms with Gasteiger partial charge in [0.25, 0.3) is 0 Å². The molecule has 0 saturated carbocycles. The Bertz CT molecular complexity index is 543. The van der Waals surface area contributed by atoms with Gasteiger partial charge < -0.3 is 5.11 Å². The summed E-state index contributed by atoms with van der Waals surface area (Å²) in [6.45, 7) is 6.79. The predicted octanol–water partition coefficient (Wildman–Crippen LogP) is 5.15. The van der Waals surface area contributed by atoms with Crippen molar-refractivity contribution in [3.8, 4) is 5.75 Å². The molecule has 6 heteroatoms. The lowest BCUT2D eigenvalue weighted by Crippen LogP contribution is -2.28. The molecule has 108 valence electrons. The Morgan fingerprint density at radius 1 is 1.30 bits per heavy atom. The van der Waals surface area contributed by atoms with E-state index in [1.165, 1.54) is 0 Å². The van der Waals surface area contributed by atoms with Crippen molar-refractivity contribution in [1.82, 2.24) is 0 Å². The van der Waals surface area contributed by atoms with Gasteiger partial charge in [-0.3, -0.25) is 0 Å². The molecule has 1 aliphatic rings. The highest BCUT2D eigenvalue weighted by molar-refractivity contribution is 9.10. The van der Waals surface area contributed by atoms with Gasteiger partial charge in [-0.25, -0.2) is 0 Å². The zero-order valence-electron chi connectivity index (χ0n) is 11.7. The van der Waals surface area contributed by atoms with E-state index < -0.39 is 0 Å². The van der Waals surface area contributed by atoms with E-state index in [9.17, 15) is 5.11 Å². The smallest absolute Gasteiger partial charge is 0.386 e. The van der Waals surface area contributed by atoms with Gasteiger partial charge in [-0.1, -0.05) is 42.5 Å². The molecule has 0 atom stereocenters. The molecule has 0 radical (unpaired) electrons. The number of thioether (sulfide) groups is 2. The topological polar surface area (TPSA) is 51.2 Å². The summed E-state index contributed by atoms with van der Waals surface area (Å²) < 4.78 is 0.584. The highest BCUT2D eigenvalue weighted by Crippen LogP contribution is 2.52. The van der Waals surface area contributed by atoms with Crippen molar-refractivity contribution < 1.29 is 5.11 Å². The van der Waals surface area contributed by atoms with Crippen LogP contribution in [0.3, 0.4) is 0 Å². The molecule has 0 unspecified atom stereocenters. The number of hydrogen-bond donors (Lipinski definition) is 0. The fourth-order valence-electron chi connectivity index (χ4n) is 2.02. The minimum Gasteiger partial charge on any atom is -0.871 e. The lowest BCUT2D eigenvalue weighted by atomic mass is 9.83. The summed E-state index contributed by atoms with van der Waals surface area (Å²) in [7, 11) is 0. The van der Waals surface area contributed by atoms with Gasteiger partial charge in [0.1, 0.15) is 0 Å². The minimum absolute atomic E-state index is 0.00314. The van der Waals surface area contributed by atoms with Crippen LogP contribution in [0.4, 0.5) is 5.69 Å². The van der Waals surface area contributed by atoms with E-state index in [1.807, 2.05) is 23.5 Å². The standard InChI is InChI=1S/C14H17BrN2OS2/c1-14(2,3)8-6-19-13(20-7-8)10-4-9(17-16)5-11(15)12(10)18/h4-5,8,13H,6-7H2,1-3H3. The zero-order chi connectivity index (χ0) is 14.9. The first kappa shape index (κ1) is 16.0. The van der Waals surface area contributed by atoms with Gasteiger partial charge in [0, 0.05) is 16.6 Å². The highest BCUT2D eigenvalue weighted by Gasteiger charge is 2.32. The molecule has 1 aliphatic heterocycles. The van der Waals surface area contributed by atoms with Crippen LogP contribution in [-0.2, 0) is 0 Å². The van der Waals surface area contributed by atoms with E-state index >= 15 is 0 Å². The number of diazo groups is 1. The number of benzene rings is 1. The Hall–Kier alpha value is -0.380. The van der Waals surface area contributed by atoms with Crippen LogP contribution in [0, 0.1) is 16.7 Å². The molecule has 0 N–H and O–H groups in total. The van der Waals surface area contributed by atoms with Crippen molar-refractivity contribution in [1.29, 1.82) is 5.39 Å². The Balaban J connectivity index is 2.19. The maximum atomic E-state index is 12.2. The first-order chi connectivity index (χ1) is 9.32. The third kappa shape index (κ3) is 3.44.